The Hall–Kier alpha value is -4.95. The highest BCUT2D eigenvalue weighted by Gasteiger charge is 2.58. The number of para-hydroxylation sites is 6. The molecular weight excluding hydrogens is 787 g/mol. The van der Waals surface area contributed by atoms with Gasteiger partial charge in [-0.05, 0) is 123 Å². The Bertz CT molecular complexity index is 2140. The van der Waals surface area contributed by atoms with Gasteiger partial charge in [-0.1, -0.05) is 109 Å². The maximum Gasteiger partial charge on any atom is 0.447 e. The Kier molecular flexibility index (Phi) is 15.0. The van der Waals surface area contributed by atoms with Crippen molar-refractivity contribution in [3.05, 3.63) is 181 Å². The Morgan fingerprint density at radius 1 is 0.466 bits per heavy atom. The van der Waals surface area contributed by atoms with Gasteiger partial charge < -0.3 is 39.2 Å². The molecule has 1 heterocycles. The van der Waals surface area contributed by atoms with Crippen molar-refractivity contribution in [2.24, 2.45) is 16.0 Å². The van der Waals surface area contributed by atoms with Crippen LogP contribution in [0, 0.1) is 0 Å². The van der Waals surface area contributed by atoms with Crippen LogP contribution in [0.2, 0.25) is 0 Å². The molecule has 58 heavy (non-hydrogen) atoms. The number of benzene rings is 6. The van der Waals surface area contributed by atoms with Gasteiger partial charge in [-0.25, -0.2) is 0 Å². The molecule has 1 aliphatic rings. The van der Waals surface area contributed by atoms with Gasteiger partial charge in [-0.3, -0.25) is 0 Å². The fraction of sp³-hybridized carbons (Fsp3) is 0.182. The van der Waals surface area contributed by atoms with E-state index >= 15 is 0 Å². The summed E-state index contributed by atoms with van der Waals surface area (Å²) < 4.78 is 37.4. The van der Waals surface area contributed by atoms with E-state index in [1.807, 2.05) is 158 Å². The van der Waals surface area contributed by atoms with Crippen LogP contribution in [0.3, 0.4) is 0 Å². The van der Waals surface area contributed by atoms with Gasteiger partial charge in [-0.15, -0.1) is 4.52 Å². The lowest BCUT2D eigenvalue weighted by Crippen LogP contribution is -2.37. The van der Waals surface area contributed by atoms with E-state index < -0.39 is 24.6 Å². The topological polar surface area (TPSA) is 126 Å². The fourth-order valence-electron chi connectivity index (χ4n) is 5.87. The highest BCUT2D eigenvalue weighted by atomic mass is 31.3. The van der Waals surface area contributed by atoms with Crippen LogP contribution in [0.4, 0.5) is 0 Å². The molecule has 0 saturated heterocycles. The second kappa shape index (κ2) is 21.2. The molecule has 7 rings (SSSR count). The normalized spacial score (nSPS) is 16.4. The predicted octanol–water partition coefficient (Wildman–Crippen LogP) is 11.9. The molecule has 300 valence electrons. The molecule has 0 amide bonds. The minimum absolute atomic E-state index is 0.515. The lowest BCUT2D eigenvalue weighted by atomic mass is 10.1. The van der Waals surface area contributed by atoms with Crippen molar-refractivity contribution in [1.29, 1.82) is 0 Å². The molecule has 0 aromatic heterocycles. The third-order valence-corrected chi connectivity index (χ3v) is 15.6. The molecule has 4 N–H and O–H groups in total. The molecule has 0 bridgehead atoms. The summed E-state index contributed by atoms with van der Waals surface area (Å²) in [4.78, 5) is 13.8. The van der Waals surface area contributed by atoms with Crippen LogP contribution in [0.5, 0.6) is 34.5 Å². The van der Waals surface area contributed by atoms with E-state index in [0.717, 1.165) is 49.7 Å². The second-order valence-electron chi connectivity index (χ2n) is 13.1. The number of unbranched alkanes of at least 4 members (excludes halogenated alkanes) is 2. The molecule has 6 aromatic carbocycles. The molecule has 2 unspecified atom stereocenters. The van der Waals surface area contributed by atoms with Crippen molar-refractivity contribution >= 4 is 24.6 Å². The molecule has 6 aromatic rings. The minimum atomic E-state index is -3.90. The summed E-state index contributed by atoms with van der Waals surface area (Å²) in [5.41, 5.74) is 13.8. The summed E-state index contributed by atoms with van der Waals surface area (Å²) in [7, 11) is -8.20. The van der Waals surface area contributed by atoms with Crippen LogP contribution >= 0.6 is 24.6 Å². The molecule has 1 aliphatic heterocycles. The molecule has 0 radical (unpaired) electrons. The Morgan fingerprint density at radius 2 is 0.879 bits per heavy atom. The third kappa shape index (κ3) is 11.0. The number of aryl methyl sites for hydroxylation is 2. The Balaban J connectivity index is 1.48. The first-order chi connectivity index (χ1) is 28.6. The zero-order chi connectivity index (χ0) is 39.8. The van der Waals surface area contributed by atoms with E-state index in [0.29, 0.717) is 47.6 Å². The van der Waals surface area contributed by atoms with Crippen molar-refractivity contribution in [1.82, 2.24) is 9.21 Å². The van der Waals surface area contributed by atoms with E-state index in [9.17, 15) is 0 Å². The summed E-state index contributed by atoms with van der Waals surface area (Å²) >= 11 is 0. The lowest BCUT2D eigenvalue weighted by molar-refractivity contribution is 0.0545. The quantitative estimate of drug-likeness (QED) is 0.0567. The molecule has 11 nitrogen and oxygen atoms in total. The first-order valence-electron chi connectivity index (χ1n) is 19.3. The van der Waals surface area contributed by atoms with Crippen molar-refractivity contribution in [2.75, 3.05) is 13.1 Å². The SMILES string of the molecule is NCCCCc1ccccc1OP1(Oc2ccccc2CCCCN)=NP(Oc2ccccc2)N(Oc2ccccc2)P(Oc2ccccc2)N1Oc1ccccc1. The van der Waals surface area contributed by atoms with E-state index in [1.165, 1.54) is 0 Å². The van der Waals surface area contributed by atoms with Crippen LogP contribution in [-0.2, 0) is 12.8 Å². The minimum Gasteiger partial charge on any atom is -0.440 e. The summed E-state index contributed by atoms with van der Waals surface area (Å²) in [6, 6.07) is 53.9. The Labute approximate surface area is 343 Å². The fourth-order valence-corrected chi connectivity index (χ4v) is 13.4. The van der Waals surface area contributed by atoms with Gasteiger partial charge >= 0.3 is 24.6 Å². The highest BCUT2D eigenvalue weighted by molar-refractivity contribution is 7.78. The zero-order valence-corrected chi connectivity index (χ0v) is 34.8. The third-order valence-electron chi connectivity index (χ3n) is 8.75. The van der Waals surface area contributed by atoms with E-state index in [-0.39, 0.29) is 0 Å². The van der Waals surface area contributed by atoms with Crippen LogP contribution in [0.15, 0.2) is 174 Å². The standard InChI is InChI=1S/C44H48N5O6P3/c45-35-19-17-23-37-21-13-15-33-43(37)54-58(55-44-34-16-14-22-38(44)24-18-20-36-46)47-56(52-41-29-9-3-10-30-41)48(50-39-25-5-1-6-26-39)57(53-42-31-11-4-12-32-42)49(58)51-40-27-7-2-8-28-40/h1-16,21-22,25-34H,17-20,23-24,35-36,45-46H2. The zero-order valence-electron chi connectivity index (χ0n) is 32.1. The van der Waals surface area contributed by atoms with Crippen molar-refractivity contribution in [2.45, 2.75) is 38.5 Å². The summed E-state index contributed by atoms with van der Waals surface area (Å²) in [5, 5.41) is 0. The van der Waals surface area contributed by atoms with Crippen LogP contribution in [-0.4, -0.2) is 22.3 Å². The summed E-state index contributed by atoms with van der Waals surface area (Å²) in [6.45, 7) is 1.19. The summed E-state index contributed by atoms with van der Waals surface area (Å²) in [5.74, 6) is 3.40. The number of hydrogen-bond acceptors (Lipinski definition) is 11. The molecule has 0 spiro atoms. The van der Waals surface area contributed by atoms with Crippen molar-refractivity contribution < 1.29 is 27.8 Å². The average Bonchev–Trinajstić information content (AvgIpc) is 3.26. The monoisotopic (exact) mass is 835 g/mol. The number of hydrogen-bond donors (Lipinski definition) is 2. The van der Waals surface area contributed by atoms with Crippen molar-refractivity contribution in [3.63, 3.8) is 0 Å². The van der Waals surface area contributed by atoms with Gasteiger partial charge in [0.1, 0.15) is 34.5 Å². The second-order valence-corrected chi connectivity index (χ2v) is 18.6. The molecule has 14 heteroatoms. The van der Waals surface area contributed by atoms with E-state index in [2.05, 4.69) is 12.1 Å². The van der Waals surface area contributed by atoms with Gasteiger partial charge in [0.25, 0.3) is 0 Å². The van der Waals surface area contributed by atoms with Gasteiger partial charge in [0, 0.05) is 9.21 Å². The maximum absolute atomic E-state index is 7.37. The first kappa shape index (κ1) is 41.2. The van der Waals surface area contributed by atoms with Gasteiger partial charge in [0.2, 0.25) is 0 Å². The number of nitrogens with zero attached hydrogens (tertiary/aromatic N) is 3. The van der Waals surface area contributed by atoms with Crippen LogP contribution in [0.25, 0.3) is 0 Å². The molecular formula is C44H48N5O6P3. The van der Waals surface area contributed by atoms with Gasteiger partial charge in [-0.2, -0.15) is 0 Å². The molecule has 0 aliphatic carbocycles. The highest BCUT2D eigenvalue weighted by Crippen LogP contribution is 2.78. The predicted molar refractivity (Wildman–Crippen MR) is 233 cm³/mol. The van der Waals surface area contributed by atoms with E-state index in [4.69, 9.17) is 43.8 Å². The summed E-state index contributed by atoms with van der Waals surface area (Å²) in [6.07, 6.45) is 4.95. The molecule has 2 atom stereocenters. The Morgan fingerprint density at radius 3 is 1.36 bits per heavy atom. The van der Waals surface area contributed by atoms with Crippen LogP contribution < -0.4 is 39.2 Å². The number of rotatable bonds is 20. The number of nitrogens with two attached hydrogens (primary N) is 2. The maximum atomic E-state index is 7.37. The van der Waals surface area contributed by atoms with E-state index in [1.54, 1.807) is 9.21 Å². The lowest BCUT2D eigenvalue weighted by Gasteiger charge is -2.44. The van der Waals surface area contributed by atoms with Crippen molar-refractivity contribution in [3.8, 4) is 34.5 Å². The molecule has 0 saturated carbocycles. The smallest absolute Gasteiger partial charge is 0.440 e. The average molecular weight is 836 g/mol. The first-order valence-corrected chi connectivity index (χ1v) is 23.2. The van der Waals surface area contributed by atoms with Gasteiger partial charge in [0.15, 0.2) is 0 Å². The largest absolute Gasteiger partial charge is 0.447 e. The molecule has 0 fully saturated rings. The van der Waals surface area contributed by atoms with Crippen LogP contribution in [0.1, 0.15) is 36.8 Å². The van der Waals surface area contributed by atoms with Gasteiger partial charge in [0.05, 0.1) is 0 Å².